The van der Waals surface area contributed by atoms with E-state index in [9.17, 15) is 9.90 Å². The predicted molar refractivity (Wildman–Crippen MR) is 83.9 cm³/mol. The maximum Gasteiger partial charge on any atom is 0.339 e. The minimum atomic E-state index is -0.908. The summed E-state index contributed by atoms with van der Waals surface area (Å²) in [5.41, 5.74) is 1.15. The van der Waals surface area contributed by atoms with E-state index >= 15 is 0 Å². The molecule has 2 heterocycles. The molecule has 1 aromatic heterocycles. The van der Waals surface area contributed by atoms with Crippen LogP contribution in [0.3, 0.4) is 0 Å². The summed E-state index contributed by atoms with van der Waals surface area (Å²) >= 11 is 0. The molecular weight excluding hydrogens is 264 g/mol. The van der Waals surface area contributed by atoms with Crippen molar-refractivity contribution in [3.05, 3.63) is 35.9 Å². The normalized spacial score (nSPS) is 22.5. The topological polar surface area (TPSA) is 53.4 Å². The lowest BCUT2D eigenvalue weighted by atomic mass is 9.93. The number of carboxylic acid groups (broad SMARTS) is 1. The van der Waals surface area contributed by atoms with Crippen LogP contribution < -0.4 is 4.90 Å². The smallest absolute Gasteiger partial charge is 0.339 e. The second kappa shape index (κ2) is 5.35. The summed E-state index contributed by atoms with van der Waals surface area (Å²) in [4.78, 5) is 18.4. The van der Waals surface area contributed by atoms with Crippen molar-refractivity contribution in [3.8, 4) is 0 Å². The molecule has 1 aliphatic heterocycles. The maximum atomic E-state index is 11.6. The zero-order chi connectivity index (χ0) is 15.0. The average Bonchev–Trinajstić information content (AvgIpc) is 2.46. The first kappa shape index (κ1) is 13.9. The van der Waals surface area contributed by atoms with Crippen molar-refractivity contribution in [3.63, 3.8) is 0 Å². The predicted octanol–water partition coefficient (Wildman–Crippen LogP) is 3.56. The summed E-state index contributed by atoms with van der Waals surface area (Å²) < 4.78 is 0. The maximum absolute atomic E-state index is 11.6. The Morgan fingerprint density at radius 3 is 2.81 bits per heavy atom. The van der Waals surface area contributed by atoms with Gasteiger partial charge in [-0.2, -0.15) is 0 Å². The zero-order valence-corrected chi connectivity index (χ0v) is 12.4. The molecule has 1 aliphatic rings. The van der Waals surface area contributed by atoms with Crippen molar-refractivity contribution >= 4 is 22.7 Å². The molecule has 4 nitrogen and oxygen atoms in total. The minimum Gasteiger partial charge on any atom is -0.478 e. The van der Waals surface area contributed by atoms with E-state index < -0.39 is 5.97 Å². The van der Waals surface area contributed by atoms with E-state index in [-0.39, 0.29) is 0 Å². The molecule has 21 heavy (non-hydrogen) atoms. The fraction of sp³-hybridized carbons (Fsp3) is 0.412. The van der Waals surface area contributed by atoms with Crippen molar-refractivity contribution in [1.29, 1.82) is 0 Å². The first-order chi connectivity index (χ1) is 10.1. The number of piperidine rings is 1. The molecule has 1 aromatic carbocycles. The lowest BCUT2D eigenvalue weighted by molar-refractivity contribution is 0.0697. The number of rotatable bonds is 2. The Kier molecular flexibility index (Phi) is 3.53. The number of fused-ring (bicyclic) bond motifs is 1. The molecule has 4 heteroatoms. The highest BCUT2D eigenvalue weighted by atomic mass is 16.4. The monoisotopic (exact) mass is 284 g/mol. The van der Waals surface area contributed by atoms with E-state index in [0.717, 1.165) is 30.3 Å². The van der Waals surface area contributed by atoms with Gasteiger partial charge in [0.1, 0.15) is 11.4 Å². The van der Waals surface area contributed by atoms with Crippen LogP contribution in [0.2, 0.25) is 0 Å². The Bertz CT molecular complexity index is 684. The Morgan fingerprint density at radius 2 is 2.10 bits per heavy atom. The van der Waals surface area contributed by atoms with E-state index in [0.29, 0.717) is 23.3 Å². The van der Waals surface area contributed by atoms with Gasteiger partial charge in [-0.15, -0.1) is 0 Å². The van der Waals surface area contributed by atoms with Crippen LogP contribution in [-0.4, -0.2) is 28.6 Å². The van der Waals surface area contributed by atoms with E-state index in [1.54, 1.807) is 6.07 Å². The van der Waals surface area contributed by atoms with Gasteiger partial charge >= 0.3 is 5.97 Å². The summed E-state index contributed by atoms with van der Waals surface area (Å²) in [6.07, 6.45) is 2.16. The molecule has 0 radical (unpaired) electrons. The molecule has 0 saturated carbocycles. The highest BCUT2D eigenvalue weighted by molar-refractivity contribution is 5.98. The Balaban J connectivity index is 2.11. The lowest BCUT2D eigenvalue weighted by Crippen LogP contribution is -2.41. The Morgan fingerprint density at radius 1 is 1.33 bits per heavy atom. The molecule has 1 saturated heterocycles. The van der Waals surface area contributed by atoms with Gasteiger partial charge in [0.2, 0.25) is 0 Å². The third-order valence-electron chi connectivity index (χ3n) is 4.34. The van der Waals surface area contributed by atoms with Crippen molar-refractivity contribution in [1.82, 2.24) is 4.98 Å². The summed E-state index contributed by atoms with van der Waals surface area (Å²) in [7, 11) is 0. The van der Waals surface area contributed by atoms with Crippen molar-refractivity contribution in [2.75, 3.05) is 11.4 Å². The van der Waals surface area contributed by atoms with Crippen LogP contribution in [-0.2, 0) is 0 Å². The number of pyridine rings is 1. The van der Waals surface area contributed by atoms with E-state index in [1.165, 1.54) is 0 Å². The summed E-state index contributed by atoms with van der Waals surface area (Å²) in [5.74, 6) is 0.389. The number of aromatic carboxylic acids is 1. The van der Waals surface area contributed by atoms with Gasteiger partial charge in [-0.25, -0.2) is 9.78 Å². The number of anilines is 1. The number of hydrogen-bond acceptors (Lipinski definition) is 3. The quantitative estimate of drug-likeness (QED) is 0.916. The lowest BCUT2D eigenvalue weighted by Gasteiger charge is -2.38. The number of carbonyl (C=O) groups is 1. The van der Waals surface area contributed by atoms with Crippen LogP contribution in [0.5, 0.6) is 0 Å². The molecule has 0 spiro atoms. The number of benzene rings is 1. The Labute approximate surface area is 124 Å². The largest absolute Gasteiger partial charge is 0.478 e. The molecule has 2 atom stereocenters. The summed E-state index contributed by atoms with van der Waals surface area (Å²) in [5, 5.41) is 10.4. The van der Waals surface area contributed by atoms with Gasteiger partial charge in [0.15, 0.2) is 0 Å². The summed E-state index contributed by atoms with van der Waals surface area (Å²) in [6.45, 7) is 5.27. The van der Waals surface area contributed by atoms with Gasteiger partial charge < -0.3 is 10.0 Å². The third-order valence-corrected chi connectivity index (χ3v) is 4.34. The van der Waals surface area contributed by atoms with Gasteiger partial charge in [0, 0.05) is 18.0 Å². The van der Waals surface area contributed by atoms with Gasteiger partial charge in [-0.3, -0.25) is 0 Å². The molecule has 1 fully saturated rings. The first-order valence-corrected chi connectivity index (χ1v) is 7.46. The third kappa shape index (κ3) is 2.58. The van der Waals surface area contributed by atoms with E-state index in [4.69, 9.17) is 0 Å². The molecule has 1 N–H and O–H groups in total. The van der Waals surface area contributed by atoms with Crippen LogP contribution in [0.15, 0.2) is 30.3 Å². The molecule has 0 amide bonds. The molecule has 3 rings (SSSR count). The Hall–Kier alpha value is -2.10. The fourth-order valence-corrected chi connectivity index (χ4v) is 3.20. The number of hydrogen-bond donors (Lipinski definition) is 1. The van der Waals surface area contributed by atoms with Gasteiger partial charge in [-0.05, 0) is 37.8 Å². The van der Waals surface area contributed by atoms with Crippen LogP contribution in [0.4, 0.5) is 5.82 Å². The highest BCUT2D eigenvalue weighted by Crippen LogP contribution is 2.30. The molecule has 110 valence electrons. The minimum absolute atomic E-state index is 0.301. The number of aromatic nitrogens is 1. The SMILES string of the molecule is CC1CCN(c2nc3ccccc3cc2C(=O)O)C(C)C1. The molecule has 0 aliphatic carbocycles. The number of para-hydroxylation sites is 1. The van der Waals surface area contributed by atoms with Crippen LogP contribution in [0.1, 0.15) is 37.0 Å². The molecule has 2 aromatic rings. The standard InChI is InChI=1S/C17H20N2O2/c1-11-7-8-19(12(2)9-11)16-14(17(20)21)10-13-5-3-4-6-15(13)18-16/h3-6,10-12H,7-9H2,1-2H3,(H,20,21). The molecule has 0 bridgehead atoms. The highest BCUT2D eigenvalue weighted by Gasteiger charge is 2.27. The fourth-order valence-electron chi connectivity index (χ4n) is 3.20. The van der Waals surface area contributed by atoms with Gasteiger partial charge in [0.05, 0.1) is 5.52 Å². The van der Waals surface area contributed by atoms with Crippen LogP contribution in [0, 0.1) is 5.92 Å². The van der Waals surface area contributed by atoms with E-state index in [2.05, 4.69) is 23.7 Å². The second-order valence-electron chi connectivity index (χ2n) is 6.03. The number of nitrogens with zero attached hydrogens (tertiary/aromatic N) is 2. The van der Waals surface area contributed by atoms with Crippen LogP contribution in [0.25, 0.3) is 10.9 Å². The van der Waals surface area contributed by atoms with Crippen molar-refractivity contribution in [2.45, 2.75) is 32.7 Å². The zero-order valence-electron chi connectivity index (χ0n) is 12.4. The first-order valence-electron chi connectivity index (χ1n) is 7.46. The van der Waals surface area contributed by atoms with Crippen molar-refractivity contribution in [2.24, 2.45) is 5.92 Å². The van der Waals surface area contributed by atoms with Gasteiger partial charge in [-0.1, -0.05) is 25.1 Å². The number of carboxylic acids is 1. The average molecular weight is 284 g/mol. The summed E-state index contributed by atoms with van der Waals surface area (Å²) in [6, 6.07) is 9.73. The van der Waals surface area contributed by atoms with E-state index in [1.807, 2.05) is 24.3 Å². The van der Waals surface area contributed by atoms with Crippen LogP contribution >= 0.6 is 0 Å². The van der Waals surface area contributed by atoms with Crippen molar-refractivity contribution < 1.29 is 9.90 Å². The van der Waals surface area contributed by atoms with Gasteiger partial charge in [0.25, 0.3) is 0 Å². The molecular formula is C17H20N2O2. The second-order valence-corrected chi connectivity index (χ2v) is 6.03. The molecule has 2 unspecified atom stereocenters.